The molecule has 1 rings (SSSR count). The molecule has 5 nitrogen and oxygen atoms in total. The lowest BCUT2D eigenvalue weighted by atomic mass is 10.1. The minimum absolute atomic E-state index is 0.352. The molecule has 1 N–H and O–H groups in total. The topological polar surface area (TPSA) is 61.8 Å². The molecule has 0 bridgehead atoms. The monoisotopic (exact) mass is 351 g/mol. The number of sulfone groups is 1. The molecule has 1 aromatic rings. The van der Waals surface area contributed by atoms with Crippen molar-refractivity contribution in [1.82, 2.24) is 10.2 Å². The third kappa shape index (κ3) is 7.17. The van der Waals surface area contributed by atoms with E-state index >= 15 is 0 Å². The molecule has 134 valence electrons. The fourth-order valence-electron chi connectivity index (χ4n) is 2.24. The number of nitrogens with one attached hydrogen (secondary N) is 1. The zero-order valence-corrected chi connectivity index (χ0v) is 15.8. The molecule has 0 aromatic heterocycles. The summed E-state index contributed by atoms with van der Waals surface area (Å²) in [5.74, 6) is 0.898. The number of hydrogen-bond acceptors (Lipinski definition) is 3. The van der Waals surface area contributed by atoms with Gasteiger partial charge in [-0.3, -0.25) is 4.99 Å². The van der Waals surface area contributed by atoms with Gasteiger partial charge in [-0.25, -0.2) is 8.42 Å². The molecule has 0 spiro atoms. The summed E-state index contributed by atoms with van der Waals surface area (Å²) in [6.45, 7) is 8.21. The zero-order chi connectivity index (χ0) is 18.0. The standard InChI is InChI=1S/C18H29N3O2S/c1-5-7-8-15-21(3)18(19-6-2)20-14-13-16-9-11-17(12-10-16)24(4,22)23/h5,9-12H,1,6-8,13-15H2,2-4H3,(H,19,20). The second-order valence-electron chi connectivity index (χ2n) is 5.75. The Morgan fingerprint density at radius 3 is 2.54 bits per heavy atom. The van der Waals surface area contributed by atoms with E-state index in [1.807, 2.05) is 25.3 Å². The van der Waals surface area contributed by atoms with Gasteiger partial charge in [0.25, 0.3) is 0 Å². The van der Waals surface area contributed by atoms with Crippen LogP contribution in [-0.2, 0) is 16.3 Å². The summed E-state index contributed by atoms with van der Waals surface area (Å²) in [5, 5.41) is 3.30. The Labute approximate surface area is 146 Å². The van der Waals surface area contributed by atoms with Crippen LogP contribution >= 0.6 is 0 Å². The van der Waals surface area contributed by atoms with E-state index in [0.717, 1.165) is 43.9 Å². The first-order valence-corrected chi connectivity index (χ1v) is 10.2. The molecular weight excluding hydrogens is 322 g/mol. The van der Waals surface area contributed by atoms with Crippen LogP contribution in [0.1, 0.15) is 25.3 Å². The van der Waals surface area contributed by atoms with E-state index in [2.05, 4.69) is 28.7 Å². The van der Waals surface area contributed by atoms with Gasteiger partial charge in [0.1, 0.15) is 0 Å². The van der Waals surface area contributed by atoms with Crippen molar-refractivity contribution in [2.45, 2.75) is 31.1 Å². The highest BCUT2D eigenvalue weighted by Gasteiger charge is 2.07. The summed E-state index contributed by atoms with van der Waals surface area (Å²) in [6, 6.07) is 7.02. The molecule has 0 amide bonds. The van der Waals surface area contributed by atoms with E-state index in [-0.39, 0.29) is 0 Å². The molecule has 0 aliphatic rings. The van der Waals surface area contributed by atoms with Crippen molar-refractivity contribution in [2.75, 3.05) is 32.9 Å². The van der Waals surface area contributed by atoms with Crippen molar-refractivity contribution in [3.63, 3.8) is 0 Å². The predicted molar refractivity (Wildman–Crippen MR) is 101 cm³/mol. The molecule has 0 saturated carbocycles. The zero-order valence-electron chi connectivity index (χ0n) is 15.0. The normalized spacial score (nSPS) is 12.0. The number of hydrogen-bond donors (Lipinski definition) is 1. The Bertz CT molecular complexity index is 637. The smallest absolute Gasteiger partial charge is 0.193 e. The van der Waals surface area contributed by atoms with Gasteiger partial charge in [-0.15, -0.1) is 6.58 Å². The molecule has 6 heteroatoms. The fourth-order valence-corrected chi connectivity index (χ4v) is 2.87. The second kappa shape index (κ2) is 10.1. The number of unbranched alkanes of at least 4 members (excludes halogenated alkanes) is 1. The maximum absolute atomic E-state index is 11.5. The quantitative estimate of drug-likeness (QED) is 0.321. The number of nitrogens with zero attached hydrogens (tertiary/aromatic N) is 2. The van der Waals surface area contributed by atoms with Crippen molar-refractivity contribution < 1.29 is 8.42 Å². The summed E-state index contributed by atoms with van der Waals surface area (Å²) in [7, 11) is -1.10. The summed E-state index contributed by atoms with van der Waals surface area (Å²) in [4.78, 5) is 7.12. The Hall–Kier alpha value is -1.82. The van der Waals surface area contributed by atoms with Crippen LogP contribution in [0.3, 0.4) is 0 Å². The molecule has 0 aliphatic heterocycles. The van der Waals surface area contributed by atoms with Gasteiger partial charge in [0.05, 0.1) is 4.90 Å². The summed E-state index contributed by atoms with van der Waals surface area (Å²) in [5.41, 5.74) is 1.08. The van der Waals surface area contributed by atoms with Crippen molar-refractivity contribution in [1.29, 1.82) is 0 Å². The summed E-state index contributed by atoms with van der Waals surface area (Å²) >= 11 is 0. The maximum Gasteiger partial charge on any atom is 0.193 e. The Kier molecular flexibility index (Phi) is 8.54. The van der Waals surface area contributed by atoms with Gasteiger partial charge < -0.3 is 10.2 Å². The van der Waals surface area contributed by atoms with E-state index in [1.165, 1.54) is 6.26 Å². The van der Waals surface area contributed by atoms with Crippen LogP contribution in [-0.4, -0.2) is 52.2 Å². The van der Waals surface area contributed by atoms with E-state index in [9.17, 15) is 8.42 Å². The molecule has 0 fully saturated rings. The summed E-state index contributed by atoms with van der Waals surface area (Å²) in [6.07, 6.45) is 5.97. The molecule has 0 saturated heterocycles. The first-order chi connectivity index (χ1) is 11.4. The third-order valence-corrected chi connectivity index (χ3v) is 4.74. The SMILES string of the molecule is C=CCCCN(C)C(=NCCc1ccc(S(C)(=O)=O)cc1)NCC. The van der Waals surface area contributed by atoms with E-state index in [0.29, 0.717) is 11.4 Å². The highest BCUT2D eigenvalue weighted by Crippen LogP contribution is 2.10. The highest BCUT2D eigenvalue weighted by atomic mass is 32.2. The van der Waals surface area contributed by atoms with Gasteiger partial charge in [0.15, 0.2) is 15.8 Å². The molecule has 0 radical (unpaired) electrons. The third-order valence-electron chi connectivity index (χ3n) is 3.61. The predicted octanol–water partition coefficient (Wildman–Crippen LogP) is 2.50. The number of aliphatic imine (C=N–C) groups is 1. The molecule has 1 aromatic carbocycles. The van der Waals surface area contributed by atoms with E-state index < -0.39 is 9.84 Å². The molecule has 24 heavy (non-hydrogen) atoms. The lowest BCUT2D eigenvalue weighted by molar-refractivity contribution is 0.470. The summed E-state index contributed by atoms with van der Waals surface area (Å²) < 4.78 is 22.9. The minimum atomic E-state index is -3.13. The Morgan fingerprint density at radius 2 is 2.00 bits per heavy atom. The number of guanidine groups is 1. The van der Waals surface area contributed by atoms with E-state index in [4.69, 9.17) is 0 Å². The number of benzene rings is 1. The lowest BCUT2D eigenvalue weighted by Gasteiger charge is -2.21. The van der Waals surface area contributed by atoms with Gasteiger partial charge in [-0.1, -0.05) is 18.2 Å². The highest BCUT2D eigenvalue weighted by molar-refractivity contribution is 7.90. The Balaban J connectivity index is 2.61. The van der Waals surface area contributed by atoms with Gasteiger partial charge >= 0.3 is 0 Å². The van der Waals surface area contributed by atoms with Crippen molar-refractivity contribution >= 4 is 15.8 Å². The van der Waals surface area contributed by atoms with Crippen LogP contribution in [0.4, 0.5) is 0 Å². The van der Waals surface area contributed by atoms with Crippen LogP contribution in [0, 0.1) is 0 Å². The van der Waals surface area contributed by atoms with Crippen LogP contribution in [0.2, 0.25) is 0 Å². The van der Waals surface area contributed by atoms with Crippen LogP contribution in [0.5, 0.6) is 0 Å². The van der Waals surface area contributed by atoms with Crippen molar-refractivity contribution in [2.24, 2.45) is 4.99 Å². The van der Waals surface area contributed by atoms with E-state index in [1.54, 1.807) is 12.1 Å². The van der Waals surface area contributed by atoms with Gasteiger partial charge in [-0.2, -0.15) is 0 Å². The first-order valence-electron chi connectivity index (χ1n) is 8.27. The van der Waals surface area contributed by atoms with Gasteiger partial charge in [0, 0.05) is 32.9 Å². The van der Waals surface area contributed by atoms with Gasteiger partial charge in [-0.05, 0) is 43.9 Å². The fraction of sp³-hybridized carbons (Fsp3) is 0.500. The maximum atomic E-state index is 11.5. The van der Waals surface area contributed by atoms with Crippen LogP contribution < -0.4 is 5.32 Å². The Morgan fingerprint density at radius 1 is 1.33 bits per heavy atom. The largest absolute Gasteiger partial charge is 0.357 e. The van der Waals surface area contributed by atoms with Crippen molar-refractivity contribution in [3.8, 4) is 0 Å². The second-order valence-corrected chi connectivity index (χ2v) is 7.77. The first kappa shape index (κ1) is 20.2. The average molecular weight is 352 g/mol. The number of allylic oxidation sites excluding steroid dienone is 1. The van der Waals surface area contributed by atoms with Crippen LogP contribution in [0.25, 0.3) is 0 Å². The van der Waals surface area contributed by atoms with Crippen molar-refractivity contribution in [3.05, 3.63) is 42.5 Å². The molecule has 0 atom stereocenters. The van der Waals surface area contributed by atoms with Crippen LogP contribution in [0.15, 0.2) is 46.8 Å². The molecule has 0 heterocycles. The number of rotatable bonds is 9. The average Bonchev–Trinajstić information content (AvgIpc) is 2.54. The lowest BCUT2D eigenvalue weighted by Crippen LogP contribution is -2.39. The molecular formula is C18H29N3O2S. The van der Waals surface area contributed by atoms with Gasteiger partial charge in [0.2, 0.25) is 0 Å². The molecule has 0 aliphatic carbocycles. The minimum Gasteiger partial charge on any atom is -0.357 e. The molecule has 0 unspecified atom stereocenters.